The van der Waals surface area contributed by atoms with Crippen LogP contribution in [0.4, 0.5) is 5.13 Å². The fourth-order valence-electron chi connectivity index (χ4n) is 6.07. The van der Waals surface area contributed by atoms with E-state index in [1.807, 2.05) is 34.6 Å². The Kier molecular flexibility index (Phi) is 7.44. The monoisotopic (exact) mass is 545 g/mol. The van der Waals surface area contributed by atoms with Gasteiger partial charge in [-0.25, -0.2) is 4.98 Å². The van der Waals surface area contributed by atoms with Crippen LogP contribution >= 0.6 is 11.3 Å². The highest BCUT2D eigenvalue weighted by Crippen LogP contribution is 2.69. The minimum absolute atomic E-state index is 0.0170. The van der Waals surface area contributed by atoms with Gasteiger partial charge < -0.3 is 21.3 Å². The SMILES string of the molecule is Cc1nc(N[C@H](C(=O)N2C[C@]3(C[C@H]2C(=O)NC(CC2CCC2)C(=O)C(N)=O)CC3(C)C)C(C)(C)C)sc1C. The summed E-state index contributed by atoms with van der Waals surface area (Å²) >= 11 is 1.51. The van der Waals surface area contributed by atoms with Crippen molar-refractivity contribution in [2.75, 3.05) is 11.9 Å². The van der Waals surface area contributed by atoms with E-state index < -0.39 is 35.2 Å². The molecule has 210 valence electrons. The van der Waals surface area contributed by atoms with Crippen molar-refractivity contribution in [2.24, 2.45) is 27.9 Å². The molecular formula is C28H43N5O4S. The Bertz CT molecular complexity index is 1120. The van der Waals surface area contributed by atoms with Crippen molar-refractivity contribution in [3.05, 3.63) is 10.6 Å². The number of nitrogens with two attached hydrogens (primary N) is 1. The summed E-state index contributed by atoms with van der Waals surface area (Å²) in [6.07, 6.45) is 4.89. The zero-order valence-corrected chi connectivity index (χ0v) is 24.6. The Hall–Kier alpha value is -2.49. The number of aromatic nitrogens is 1. The van der Waals surface area contributed by atoms with Gasteiger partial charge in [-0.05, 0) is 55.3 Å². The number of thiazole rings is 1. The van der Waals surface area contributed by atoms with E-state index in [0.717, 1.165) is 36.3 Å². The summed E-state index contributed by atoms with van der Waals surface area (Å²) in [5.41, 5.74) is 5.67. The van der Waals surface area contributed by atoms with Gasteiger partial charge >= 0.3 is 0 Å². The molecule has 9 nitrogen and oxygen atoms in total. The number of hydrogen-bond acceptors (Lipinski definition) is 7. The molecule has 1 saturated heterocycles. The van der Waals surface area contributed by atoms with Crippen molar-refractivity contribution in [2.45, 2.75) is 105 Å². The summed E-state index contributed by atoms with van der Waals surface area (Å²) in [5.74, 6) is -2.06. The Morgan fingerprint density at radius 2 is 1.82 bits per heavy atom. The quantitative estimate of drug-likeness (QED) is 0.408. The van der Waals surface area contributed by atoms with E-state index in [2.05, 4.69) is 29.5 Å². The zero-order valence-electron chi connectivity index (χ0n) is 23.8. The highest BCUT2D eigenvalue weighted by molar-refractivity contribution is 7.15. The first-order valence-electron chi connectivity index (χ1n) is 13.7. The lowest BCUT2D eigenvalue weighted by Crippen LogP contribution is -2.56. The number of amides is 3. The summed E-state index contributed by atoms with van der Waals surface area (Å²) in [5, 5.41) is 6.89. The Labute approximate surface area is 229 Å². The van der Waals surface area contributed by atoms with Crippen LogP contribution in [0.1, 0.15) is 83.7 Å². The highest BCUT2D eigenvalue weighted by Gasteiger charge is 2.67. The van der Waals surface area contributed by atoms with Crippen LogP contribution in [0.15, 0.2) is 0 Å². The first kappa shape index (κ1) is 28.5. The van der Waals surface area contributed by atoms with Crippen molar-refractivity contribution in [3.63, 3.8) is 0 Å². The molecule has 1 spiro atoms. The third kappa shape index (κ3) is 5.46. The van der Waals surface area contributed by atoms with Crippen LogP contribution in [-0.4, -0.2) is 58.1 Å². The molecule has 1 aliphatic heterocycles. The van der Waals surface area contributed by atoms with E-state index in [4.69, 9.17) is 5.73 Å². The minimum atomic E-state index is -1.04. The van der Waals surface area contributed by atoms with Crippen LogP contribution in [0.2, 0.25) is 0 Å². The maximum Gasteiger partial charge on any atom is 0.287 e. The van der Waals surface area contributed by atoms with Gasteiger partial charge in [0.2, 0.25) is 17.6 Å². The summed E-state index contributed by atoms with van der Waals surface area (Å²) < 4.78 is 0. The number of carbonyl (C=O) groups excluding carboxylic acids is 4. The largest absolute Gasteiger partial charge is 0.363 e. The Morgan fingerprint density at radius 3 is 2.26 bits per heavy atom. The third-order valence-corrected chi connectivity index (χ3v) is 10.2. The highest BCUT2D eigenvalue weighted by atomic mass is 32.1. The van der Waals surface area contributed by atoms with Crippen LogP contribution in [0.25, 0.3) is 0 Å². The number of carbonyl (C=O) groups is 4. The van der Waals surface area contributed by atoms with Crippen molar-refractivity contribution < 1.29 is 19.2 Å². The fraction of sp³-hybridized carbons (Fsp3) is 0.750. The molecule has 1 aromatic heterocycles. The normalized spacial score (nSPS) is 26.0. The number of rotatable bonds is 9. The van der Waals surface area contributed by atoms with E-state index in [-0.39, 0.29) is 22.6 Å². The molecule has 1 aromatic rings. The van der Waals surface area contributed by atoms with E-state index >= 15 is 0 Å². The van der Waals surface area contributed by atoms with Crippen LogP contribution in [0, 0.1) is 36.0 Å². The Balaban J connectivity index is 1.59. The molecule has 4 N–H and O–H groups in total. The predicted octanol–water partition coefficient (Wildman–Crippen LogP) is 3.33. The van der Waals surface area contributed by atoms with E-state index in [1.54, 1.807) is 4.90 Å². The van der Waals surface area contributed by atoms with Gasteiger partial charge in [0, 0.05) is 11.4 Å². The van der Waals surface area contributed by atoms with Crippen molar-refractivity contribution in [3.8, 4) is 0 Å². The van der Waals surface area contributed by atoms with E-state index in [1.165, 1.54) is 11.3 Å². The molecular weight excluding hydrogens is 502 g/mol. The average molecular weight is 546 g/mol. The fourth-order valence-corrected chi connectivity index (χ4v) is 6.92. The first-order valence-corrected chi connectivity index (χ1v) is 14.5. The van der Waals surface area contributed by atoms with Gasteiger partial charge in [-0.15, -0.1) is 11.3 Å². The average Bonchev–Trinajstić information content (AvgIpc) is 3.04. The maximum atomic E-state index is 14.2. The number of nitrogens with one attached hydrogen (secondary N) is 2. The standard InChI is InChI=1S/C28H43N5O4S/c1-15-16(2)38-25(30-15)32-21(26(3,4)5)24(37)33-14-28(13-27(28,6)7)12-19(33)23(36)31-18(20(34)22(29)35)11-17-9-8-10-17/h17-19,21H,8-14H2,1-7H3,(H2,29,35)(H,30,32)(H,31,36)/t18?,19-,21+,28-/m0/s1. The van der Waals surface area contributed by atoms with Gasteiger partial charge in [0.15, 0.2) is 5.13 Å². The summed E-state index contributed by atoms with van der Waals surface area (Å²) in [6, 6.07) is -2.28. The molecule has 4 atom stereocenters. The van der Waals surface area contributed by atoms with Crippen LogP contribution < -0.4 is 16.4 Å². The number of likely N-dealkylation sites (tertiary alicyclic amines) is 1. The second-order valence-corrected chi connectivity index (χ2v) is 14.7. The van der Waals surface area contributed by atoms with Crippen LogP contribution in [0.3, 0.4) is 0 Å². The molecule has 3 aliphatic rings. The summed E-state index contributed by atoms with van der Waals surface area (Å²) in [6.45, 7) is 14.8. The summed E-state index contributed by atoms with van der Waals surface area (Å²) in [7, 11) is 0. The lowest BCUT2D eigenvalue weighted by molar-refractivity contribution is -0.142. The molecule has 2 heterocycles. The van der Waals surface area contributed by atoms with Gasteiger partial charge in [-0.3, -0.25) is 19.2 Å². The molecule has 10 heteroatoms. The molecule has 0 aromatic carbocycles. The molecule has 3 fully saturated rings. The second-order valence-electron chi connectivity index (χ2n) is 13.5. The smallest absolute Gasteiger partial charge is 0.287 e. The number of anilines is 1. The van der Waals surface area contributed by atoms with Crippen molar-refractivity contribution in [1.29, 1.82) is 0 Å². The van der Waals surface area contributed by atoms with Gasteiger partial charge in [-0.2, -0.15) is 0 Å². The molecule has 4 rings (SSSR count). The summed E-state index contributed by atoms with van der Waals surface area (Å²) in [4.78, 5) is 59.7. The van der Waals surface area contributed by atoms with Gasteiger partial charge in [0.1, 0.15) is 12.1 Å². The zero-order chi connectivity index (χ0) is 28.2. The van der Waals surface area contributed by atoms with E-state index in [0.29, 0.717) is 30.4 Å². The number of aryl methyl sites for hydroxylation is 2. The van der Waals surface area contributed by atoms with Crippen molar-refractivity contribution >= 4 is 40.0 Å². The topological polar surface area (TPSA) is 134 Å². The molecule has 3 amide bonds. The number of primary amides is 1. The first-order chi connectivity index (χ1) is 17.5. The molecule has 38 heavy (non-hydrogen) atoms. The lowest BCUT2D eigenvalue weighted by Gasteiger charge is -2.36. The lowest BCUT2D eigenvalue weighted by atomic mass is 9.80. The number of ketones is 1. The number of Topliss-reactive ketones (excluding diaryl/α,β-unsaturated/α-hetero) is 1. The second kappa shape index (κ2) is 9.92. The number of nitrogens with zero attached hydrogens (tertiary/aromatic N) is 2. The minimum Gasteiger partial charge on any atom is -0.363 e. The molecule has 0 bridgehead atoms. The van der Waals surface area contributed by atoms with Gasteiger partial charge in [0.05, 0.1) is 11.7 Å². The van der Waals surface area contributed by atoms with Crippen LogP contribution in [-0.2, 0) is 19.2 Å². The molecule has 1 unspecified atom stereocenters. The molecule has 2 saturated carbocycles. The Morgan fingerprint density at radius 1 is 1.18 bits per heavy atom. The van der Waals surface area contributed by atoms with E-state index in [9.17, 15) is 19.2 Å². The molecule has 0 radical (unpaired) electrons. The number of hydrogen-bond donors (Lipinski definition) is 3. The van der Waals surface area contributed by atoms with Gasteiger partial charge in [0.25, 0.3) is 5.91 Å². The van der Waals surface area contributed by atoms with Crippen LogP contribution in [0.5, 0.6) is 0 Å². The third-order valence-electron chi connectivity index (χ3n) is 9.19. The maximum absolute atomic E-state index is 14.2. The molecule has 2 aliphatic carbocycles. The van der Waals surface area contributed by atoms with Gasteiger partial charge in [-0.1, -0.05) is 53.9 Å². The van der Waals surface area contributed by atoms with Crippen molar-refractivity contribution in [1.82, 2.24) is 15.2 Å². The predicted molar refractivity (Wildman–Crippen MR) is 147 cm³/mol.